The molecule has 0 aromatic heterocycles. The number of hydrogen-bond donors (Lipinski definition) is 5. The van der Waals surface area contributed by atoms with Crippen molar-refractivity contribution in [2.75, 3.05) is 48.3 Å². The number of benzene rings is 2. The first kappa shape index (κ1) is 29.5. The van der Waals surface area contributed by atoms with E-state index >= 15 is 0 Å². The number of hydrogen-bond acceptors (Lipinski definition) is 13. The number of methoxy groups -OCH3 is 4. The molecule has 3 saturated heterocycles. The molecule has 0 aliphatic carbocycles. The number of aliphatic hydroxyl groups is 4. The van der Waals surface area contributed by atoms with E-state index < -0.39 is 37.3 Å². The summed E-state index contributed by atoms with van der Waals surface area (Å²) in [6.07, 6.45) is -7.96. The first-order valence-electron chi connectivity index (χ1n) is 13.2. The van der Waals surface area contributed by atoms with E-state index in [0.717, 1.165) is 11.1 Å². The molecule has 0 unspecified atom stereocenters. The molecule has 3 aliphatic rings. The fourth-order valence-corrected chi connectivity index (χ4v) is 5.77. The lowest BCUT2D eigenvalue weighted by atomic mass is 9.84. The van der Waals surface area contributed by atoms with Gasteiger partial charge < -0.3 is 63.4 Å². The molecule has 13 nitrogen and oxygen atoms in total. The van der Waals surface area contributed by atoms with Crippen LogP contribution in [0.5, 0.6) is 34.5 Å². The summed E-state index contributed by atoms with van der Waals surface area (Å²) in [7, 11) is 5.82. The molecule has 2 aromatic rings. The predicted molar refractivity (Wildman–Crippen MR) is 140 cm³/mol. The summed E-state index contributed by atoms with van der Waals surface area (Å²) in [5, 5.41) is 50.5. The second kappa shape index (κ2) is 12.1. The number of phenols is 1. The second-order valence-electron chi connectivity index (χ2n) is 10.2. The lowest BCUT2D eigenvalue weighted by Gasteiger charge is -2.39. The first-order valence-corrected chi connectivity index (χ1v) is 13.2. The highest BCUT2D eigenvalue weighted by Gasteiger charge is 2.49. The van der Waals surface area contributed by atoms with Crippen LogP contribution in [-0.4, -0.2) is 104 Å². The minimum atomic E-state index is -1.61. The van der Waals surface area contributed by atoms with Crippen LogP contribution in [0, 0.1) is 11.8 Å². The number of rotatable bonds is 9. The predicted octanol–water partition coefficient (Wildman–Crippen LogP) is 0.680. The summed E-state index contributed by atoms with van der Waals surface area (Å²) < 4.78 is 45.7. The molecule has 3 aliphatic heterocycles. The van der Waals surface area contributed by atoms with Crippen LogP contribution in [0.1, 0.15) is 23.3 Å². The van der Waals surface area contributed by atoms with Crippen molar-refractivity contribution in [3.8, 4) is 34.5 Å². The maximum atomic E-state index is 10.5. The molecule has 0 saturated carbocycles. The van der Waals surface area contributed by atoms with Crippen molar-refractivity contribution in [2.24, 2.45) is 11.8 Å². The maximum Gasteiger partial charge on any atom is 0.229 e. The van der Waals surface area contributed by atoms with Gasteiger partial charge in [0.1, 0.15) is 24.4 Å². The zero-order valence-corrected chi connectivity index (χ0v) is 23.1. The van der Waals surface area contributed by atoms with E-state index in [1.54, 1.807) is 24.3 Å². The Bertz CT molecular complexity index is 1170. The van der Waals surface area contributed by atoms with Gasteiger partial charge in [-0.15, -0.1) is 0 Å². The maximum absolute atomic E-state index is 10.5. The molecular formula is C28H36O13. The zero-order chi connectivity index (χ0) is 29.4. The van der Waals surface area contributed by atoms with E-state index in [1.807, 2.05) is 0 Å². The number of ether oxygens (including phenoxy) is 8. The van der Waals surface area contributed by atoms with E-state index in [-0.39, 0.29) is 58.5 Å². The summed E-state index contributed by atoms with van der Waals surface area (Å²) in [5.41, 5.74) is 1.55. The second-order valence-corrected chi connectivity index (χ2v) is 10.2. The van der Waals surface area contributed by atoms with Crippen molar-refractivity contribution in [1.82, 2.24) is 0 Å². The van der Waals surface area contributed by atoms with Gasteiger partial charge in [-0.2, -0.15) is 0 Å². The summed E-state index contributed by atoms with van der Waals surface area (Å²) in [6.45, 7) is 0.241. The van der Waals surface area contributed by atoms with E-state index in [0.29, 0.717) is 13.2 Å². The van der Waals surface area contributed by atoms with E-state index in [2.05, 4.69) is 0 Å². The molecule has 0 radical (unpaired) electrons. The standard InChI is InChI=1S/C28H36O13/c1-34-16-5-12(6-17(35-2)21(16)30)25-14-10-39-26(15(14)11-38-25)13-7-18(36-3)27(19(8-13)37-4)41-28-24(33)23(32)22(31)20(9-29)40-28/h5-8,14-15,20,22-26,28-33H,9-11H2,1-4H3/t14-,15-,20-,22-,23+,24-,25+,26-,28+/m1/s1. The Morgan fingerprint density at radius 1 is 0.707 bits per heavy atom. The van der Waals surface area contributed by atoms with Crippen LogP contribution in [0.3, 0.4) is 0 Å². The summed E-state index contributed by atoms with van der Waals surface area (Å²) in [6, 6.07) is 6.93. The molecule has 3 heterocycles. The van der Waals surface area contributed by atoms with Crippen LogP contribution in [0.25, 0.3) is 0 Å². The normalized spacial score (nSPS) is 32.8. The number of phenolic OH excluding ortho intramolecular Hbond substituents is 1. The van der Waals surface area contributed by atoms with Crippen molar-refractivity contribution in [2.45, 2.75) is 42.9 Å². The molecule has 226 valence electrons. The zero-order valence-electron chi connectivity index (χ0n) is 23.1. The SMILES string of the molecule is COc1cc([C@@H]2OC[C@@H]3[C@H]2CO[C@@H]3c2cc(OC)c(O[C@@H]3O[C@H](CO)[C@@H](O)[C@H](O)[C@H]3O)c(OC)c2)cc(OC)c1O. The Kier molecular flexibility index (Phi) is 8.66. The average molecular weight is 581 g/mol. The van der Waals surface area contributed by atoms with Crippen molar-refractivity contribution in [1.29, 1.82) is 0 Å². The van der Waals surface area contributed by atoms with Gasteiger partial charge in [-0.05, 0) is 35.4 Å². The van der Waals surface area contributed by atoms with E-state index in [9.17, 15) is 25.5 Å². The van der Waals surface area contributed by atoms with Gasteiger partial charge in [0.05, 0.1) is 60.5 Å². The molecule has 5 N–H and O–H groups in total. The largest absolute Gasteiger partial charge is 0.502 e. The van der Waals surface area contributed by atoms with Crippen LogP contribution in [0.15, 0.2) is 24.3 Å². The number of aliphatic hydroxyl groups excluding tert-OH is 4. The van der Waals surface area contributed by atoms with E-state index in [4.69, 9.17) is 37.9 Å². The minimum Gasteiger partial charge on any atom is -0.502 e. The van der Waals surface area contributed by atoms with Crippen molar-refractivity contribution >= 4 is 0 Å². The Hall–Kier alpha value is -3.04. The Morgan fingerprint density at radius 3 is 1.61 bits per heavy atom. The van der Waals surface area contributed by atoms with E-state index in [1.165, 1.54) is 28.4 Å². The van der Waals surface area contributed by atoms with Gasteiger partial charge in [0.15, 0.2) is 23.0 Å². The Balaban J connectivity index is 1.40. The Labute approximate surface area is 236 Å². The van der Waals surface area contributed by atoms with Gasteiger partial charge in [0, 0.05) is 11.8 Å². The van der Waals surface area contributed by atoms with Gasteiger partial charge in [-0.25, -0.2) is 0 Å². The highest BCUT2D eigenvalue weighted by Crippen LogP contribution is 2.53. The number of fused-ring (bicyclic) bond motifs is 1. The fraction of sp³-hybridized carbons (Fsp3) is 0.571. The highest BCUT2D eigenvalue weighted by molar-refractivity contribution is 5.55. The Morgan fingerprint density at radius 2 is 1.17 bits per heavy atom. The molecular weight excluding hydrogens is 544 g/mol. The first-order chi connectivity index (χ1) is 19.8. The molecule has 2 aromatic carbocycles. The molecule has 13 heteroatoms. The fourth-order valence-electron chi connectivity index (χ4n) is 5.77. The summed E-state index contributed by atoms with van der Waals surface area (Å²) in [4.78, 5) is 0. The third-order valence-electron chi connectivity index (χ3n) is 7.99. The molecule has 0 bridgehead atoms. The molecule has 41 heavy (non-hydrogen) atoms. The monoisotopic (exact) mass is 580 g/mol. The van der Waals surface area contributed by atoms with Crippen LogP contribution in [0.4, 0.5) is 0 Å². The van der Waals surface area contributed by atoms with Gasteiger partial charge in [0.25, 0.3) is 0 Å². The topological polar surface area (TPSA) is 175 Å². The molecule has 9 atom stereocenters. The van der Waals surface area contributed by atoms with Crippen LogP contribution >= 0.6 is 0 Å². The van der Waals surface area contributed by atoms with Crippen molar-refractivity contribution < 1.29 is 63.4 Å². The van der Waals surface area contributed by atoms with Crippen LogP contribution in [-0.2, 0) is 14.2 Å². The van der Waals surface area contributed by atoms with Gasteiger partial charge >= 0.3 is 0 Å². The third-order valence-corrected chi connectivity index (χ3v) is 7.99. The van der Waals surface area contributed by atoms with Crippen LogP contribution in [0.2, 0.25) is 0 Å². The highest BCUT2D eigenvalue weighted by atomic mass is 16.7. The smallest absolute Gasteiger partial charge is 0.229 e. The molecule has 5 rings (SSSR count). The van der Waals surface area contributed by atoms with Gasteiger partial charge in [-0.1, -0.05) is 0 Å². The van der Waals surface area contributed by atoms with Gasteiger partial charge in [0.2, 0.25) is 17.8 Å². The number of aromatic hydroxyl groups is 1. The van der Waals surface area contributed by atoms with Crippen molar-refractivity contribution in [3.05, 3.63) is 35.4 Å². The summed E-state index contributed by atoms with van der Waals surface area (Å²) in [5.74, 6) is 1.08. The minimum absolute atomic E-state index is 0.000914. The molecule has 0 spiro atoms. The quantitative estimate of drug-likeness (QED) is 0.280. The average Bonchev–Trinajstić information content (AvgIpc) is 3.60. The molecule has 3 fully saturated rings. The van der Waals surface area contributed by atoms with Crippen LogP contribution < -0.4 is 23.7 Å². The van der Waals surface area contributed by atoms with Gasteiger partial charge in [-0.3, -0.25) is 0 Å². The molecule has 0 amide bonds. The third kappa shape index (κ3) is 5.23. The van der Waals surface area contributed by atoms with Crippen molar-refractivity contribution in [3.63, 3.8) is 0 Å². The summed E-state index contributed by atoms with van der Waals surface area (Å²) >= 11 is 0. The lowest BCUT2D eigenvalue weighted by Crippen LogP contribution is -2.60. The lowest BCUT2D eigenvalue weighted by molar-refractivity contribution is -0.277.